The number of hydrogen-bond donors (Lipinski definition) is 1. The van der Waals surface area contributed by atoms with E-state index in [1.807, 2.05) is 13.0 Å². The molecule has 144 valence electrons. The van der Waals surface area contributed by atoms with Crippen molar-refractivity contribution < 1.29 is 23.7 Å². The average Bonchev–Trinajstić information content (AvgIpc) is 2.67. The summed E-state index contributed by atoms with van der Waals surface area (Å²) in [5.74, 6) is 1.77. The summed E-state index contributed by atoms with van der Waals surface area (Å²) in [6.07, 6.45) is 1.51. The summed E-state index contributed by atoms with van der Waals surface area (Å²) >= 11 is 3.44. The van der Waals surface area contributed by atoms with Crippen molar-refractivity contribution in [2.75, 3.05) is 27.9 Å². The van der Waals surface area contributed by atoms with E-state index < -0.39 is 5.91 Å². The summed E-state index contributed by atoms with van der Waals surface area (Å²) in [6, 6.07) is 8.51. The summed E-state index contributed by atoms with van der Waals surface area (Å²) < 4.78 is 22.0. The maximum atomic E-state index is 12.4. The number of methoxy groups -OCH3 is 3. The molecule has 0 unspecified atom stereocenters. The Kier molecular flexibility index (Phi) is 7.48. The molecule has 0 atom stereocenters. The fourth-order valence-corrected chi connectivity index (χ4v) is 2.96. The Morgan fingerprint density at radius 3 is 2.52 bits per heavy atom. The van der Waals surface area contributed by atoms with Gasteiger partial charge in [0.05, 0.1) is 44.2 Å². The van der Waals surface area contributed by atoms with E-state index in [2.05, 4.69) is 26.5 Å². The van der Waals surface area contributed by atoms with Gasteiger partial charge in [-0.15, -0.1) is 0 Å². The van der Waals surface area contributed by atoms with Crippen LogP contribution in [0.4, 0.5) is 0 Å². The number of ether oxygens (including phenoxy) is 4. The van der Waals surface area contributed by atoms with E-state index in [0.717, 1.165) is 10.0 Å². The number of hydrazone groups is 1. The Labute approximate surface area is 166 Å². The van der Waals surface area contributed by atoms with Crippen molar-refractivity contribution in [3.05, 3.63) is 45.9 Å². The summed E-state index contributed by atoms with van der Waals surface area (Å²) in [7, 11) is 4.60. The van der Waals surface area contributed by atoms with Gasteiger partial charge in [0.25, 0.3) is 5.91 Å². The van der Waals surface area contributed by atoms with Gasteiger partial charge in [-0.1, -0.05) is 0 Å². The second kappa shape index (κ2) is 9.82. The standard InChI is InChI=1S/C19H21BrN2O5/c1-5-27-17-9-12(8-15(20)18(17)26-4)11-21-22-19(23)14-7-6-13(24-2)10-16(14)25-3/h6-11H,5H2,1-4H3,(H,22,23)/b21-11-. The first kappa shape index (κ1) is 20.6. The second-order valence-corrected chi connectivity index (χ2v) is 6.09. The number of benzene rings is 2. The Bertz CT molecular complexity index is 839. The molecule has 2 rings (SSSR count). The van der Waals surface area contributed by atoms with Crippen LogP contribution >= 0.6 is 15.9 Å². The van der Waals surface area contributed by atoms with Crippen molar-refractivity contribution in [2.24, 2.45) is 5.10 Å². The molecule has 0 saturated heterocycles. The maximum Gasteiger partial charge on any atom is 0.275 e. The molecule has 1 N–H and O–H groups in total. The third kappa shape index (κ3) is 5.13. The number of nitrogens with one attached hydrogen (secondary N) is 1. The fourth-order valence-electron chi connectivity index (χ4n) is 2.34. The minimum Gasteiger partial charge on any atom is -0.497 e. The van der Waals surface area contributed by atoms with Gasteiger partial charge >= 0.3 is 0 Å². The first-order chi connectivity index (χ1) is 13.0. The molecule has 0 bridgehead atoms. The lowest BCUT2D eigenvalue weighted by Crippen LogP contribution is -2.18. The maximum absolute atomic E-state index is 12.4. The molecule has 0 aliphatic carbocycles. The van der Waals surface area contributed by atoms with Crippen molar-refractivity contribution in [3.8, 4) is 23.0 Å². The minimum atomic E-state index is -0.400. The van der Waals surface area contributed by atoms with E-state index in [1.54, 1.807) is 38.5 Å². The molecule has 0 aliphatic heterocycles. The van der Waals surface area contributed by atoms with Crippen molar-refractivity contribution in [2.45, 2.75) is 6.92 Å². The number of hydrogen-bond acceptors (Lipinski definition) is 6. The van der Waals surface area contributed by atoms with Crippen molar-refractivity contribution in [1.29, 1.82) is 0 Å². The number of halogens is 1. The van der Waals surface area contributed by atoms with E-state index in [0.29, 0.717) is 35.2 Å². The van der Waals surface area contributed by atoms with Gasteiger partial charge in [-0.05, 0) is 52.7 Å². The van der Waals surface area contributed by atoms with Gasteiger partial charge in [0.2, 0.25) is 0 Å². The van der Waals surface area contributed by atoms with E-state index >= 15 is 0 Å². The molecular formula is C19H21BrN2O5. The van der Waals surface area contributed by atoms with Crippen LogP contribution < -0.4 is 24.4 Å². The van der Waals surface area contributed by atoms with Crippen LogP contribution in [0.2, 0.25) is 0 Å². The lowest BCUT2D eigenvalue weighted by atomic mass is 10.2. The Morgan fingerprint density at radius 1 is 1.11 bits per heavy atom. The molecule has 0 fully saturated rings. The second-order valence-electron chi connectivity index (χ2n) is 5.23. The van der Waals surface area contributed by atoms with Crippen molar-refractivity contribution in [1.82, 2.24) is 5.43 Å². The van der Waals surface area contributed by atoms with Crippen LogP contribution in [0.3, 0.4) is 0 Å². The van der Waals surface area contributed by atoms with Gasteiger partial charge in [-0.3, -0.25) is 4.79 Å². The highest BCUT2D eigenvalue weighted by Crippen LogP contribution is 2.36. The summed E-state index contributed by atoms with van der Waals surface area (Å²) in [6.45, 7) is 2.38. The molecule has 7 nitrogen and oxygen atoms in total. The van der Waals surface area contributed by atoms with Crippen LogP contribution in [0.1, 0.15) is 22.8 Å². The largest absolute Gasteiger partial charge is 0.497 e. The first-order valence-electron chi connectivity index (χ1n) is 8.09. The van der Waals surface area contributed by atoms with E-state index in [9.17, 15) is 4.79 Å². The van der Waals surface area contributed by atoms with E-state index in [1.165, 1.54) is 13.3 Å². The van der Waals surface area contributed by atoms with Crippen LogP contribution in [-0.4, -0.2) is 40.1 Å². The minimum absolute atomic E-state index is 0.348. The Morgan fingerprint density at radius 2 is 1.89 bits per heavy atom. The lowest BCUT2D eigenvalue weighted by molar-refractivity contribution is 0.0952. The van der Waals surface area contributed by atoms with Crippen LogP contribution in [0.15, 0.2) is 39.9 Å². The molecule has 8 heteroatoms. The van der Waals surface area contributed by atoms with Crippen LogP contribution in [-0.2, 0) is 0 Å². The zero-order chi connectivity index (χ0) is 19.8. The molecule has 0 saturated carbocycles. The van der Waals surface area contributed by atoms with Crippen LogP contribution in [0.5, 0.6) is 23.0 Å². The summed E-state index contributed by atoms with van der Waals surface area (Å²) in [4.78, 5) is 12.4. The monoisotopic (exact) mass is 436 g/mol. The van der Waals surface area contributed by atoms with Gasteiger partial charge in [0, 0.05) is 6.07 Å². The molecule has 27 heavy (non-hydrogen) atoms. The Hall–Kier alpha value is -2.74. The molecule has 0 radical (unpaired) electrons. The van der Waals surface area contributed by atoms with Gasteiger partial charge in [0.15, 0.2) is 11.5 Å². The summed E-state index contributed by atoms with van der Waals surface area (Å²) in [5, 5.41) is 4.01. The van der Waals surface area contributed by atoms with Crippen molar-refractivity contribution in [3.63, 3.8) is 0 Å². The Balaban J connectivity index is 2.16. The SMILES string of the molecule is CCOc1cc(/C=N\NC(=O)c2ccc(OC)cc2OC)cc(Br)c1OC. The number of nitrogens with zero attached hydrogens (tertiary/aromatic N) is 1. The topological polar surface area (TPSA) is 78.4 Å². The molecule has 0 spiro atoms. The predicted octanol–water partition coefficient (Wildman–Crippen LogP) is 3.64. The summed E-state index contributed by atoms with van der Waals surface area (Å²) in [5.41, 5.74) is 3.56. The molecule has 2 aromatic carbocycles. The van der Waals surface area contributed by atoms with Crippen LogP contribution in [0, 0.1) is 0 Å². The quantitative estimate of drug-likeness (QED) is 0.504. The third-order valence-corrected chi connectivity index (χ3v) is 4.16. The van der Waals surface area contributed by atoms with Gasteiger partial charge in [-0.2, -0.15) is 5.10 Å². The molecule has 1 amide bonds. The molecule has 0 heterocycles. The van der Waals surface area contributed by atoms with Gasteiger partial charge in [0.1, 0.15) is 11.5 Å². The zero-order valence-corrected chi connectivity index (χ0v) is 17.1. The normalized spacial score (nSPS) is 10.6. The highest BCUT2D eigenvalue weighted by molar-refractivity contribution is 9.10. The van der Waals surface area contributed by atoms with Crippen LogP contribution in [0.25, 0.3) is 0 Å². The molecule has 0 aromatic heterocycles. The molecular weight excluding hydrogens is 416 g/mol. The molecule has 0 aliphatic rings. The third-order valence-electron chi connectivity index (χ3n) is 3.57. The first-order valence-corrected chi connectivity index (χ1v) is 8.89. The van der Waals surface area contributed by atoms with Crippen molar-refractivity contribution >= 4 is 28.1 Å². The molecule has 2 aromatic rings. The number of amides is 1. The number of carbonyl (C=O) groups excluding carboxylic acids is 1. The smallest absolute Gasteiger partial charge is 0.275 e. The van der Waals surface area contributed by atoms with Gasteiger partial charge < -0.3 is 18.9 Å². The average molecular weight is 437 g/mol. The van der Waals surface area contributed by atoms with Gasteiger partial charge in [-0.25, -0.2) is 5.43 Å². The van der Waals surface area contributed by atoms with E-state index in [-0.39, 0.29) is 0 Å². The highest BCUT2D eigenvalue weighted by atomic mass is 79.9. The number of rotatable bonds is 8. The zero-order valence-electron chi connectivity index (χ0n) is 15.5. The predicted molar refractivity (Wildman–Crippen MR) is 106 cm³/mol. The van der Waals surface area contributed by atoms with E-state index in [4.69, 9.17) is 18.9 Å². The number of carbonyl (C=O) groups is 1. The highest BCUT2D eigenvalue weighted by Gasteiger charge is 2.13. The lowest BCUT2D eigenvalue weighted by Gasteiger charge is -2.12. The fraction of sp³-hybridized carbons (Fsp3) is 0.263.